The summed E-state index contributed by atoms with van der Waals surface area (Å²) >= 11 is 6.13. The molecule has 1 atom stereocenters. The Bertz CT molecular complexity index is 986. The van der Waals surface area contributed by atoms with Crippen molar-refractivity contribution in [2.45, 2.75) is 37.7 Å². The van der Waals surface area contributed by atoms with E-state index in [9.17, 15) is 13.2 Å². The summed E-state index contributed by atoms with van der Waals surface area (Å²) in [6, 6.07) is 9.62. The van der Waals surface area contributed by atoms with Crippen molar-refractivity contribution in [3.05, 3.63) is 58.1 Å². The summed E-state index contributed by atoms with van der Waals surface area (Å²) < 4.78 is 33.7. The Balaban J connectivity index is 1.80. The molecule has 3 rings (SSSR count). The molecule has 0 aromatic heterocycles. The number of nitrogens with one attached hydrogen (secondary N) is 2. The summed E-state index contributed by atoms with van der Waals surface area (Å²) in [7, 11) is -3.95. The molecule has 2 aromatic rings. The minimum absolute atomic E-state index is 0.00522. The highest BCUT2D eigenvalue weighted by Crippen LogP contribution is 2.26. The van der Waals surface area contributed by atoms with E-state index in [1.807, 2.05) is 26.0 Å². The Kier molecular flexibility index (Phi) is 6.27. The third kappa shape index (κ3) is 4.84. The van der Waals surface area contributed by atoms with Crippen LogP contribution in [0.3, 0.4) is 0 Å². The van der Waals surface area contributed by atoms with E-state index in [-0.39, 0.29) is 27.5 Å². The van der Waals surface area contributed by atoms with E-state index < -0.39 is 10.0 Å². The van der Waals surface area contributed by atoms with Crippen LogP contribution in [0, 0.1) is 13.8 Å². The third-order valence-corrected chi connectivity index (χ3v) is 6.47. The maximum absolute atomic E-state index is 12.9. The van der Waals surface area contributed by atoms with Crippen LogP contribution in [0.4, 0.5) is 5.69 Å². The zero-order chi connectivity index (χ0) is 20.3. The first kappa shape index (κ1) is 20.6. The van der Waals surface area contributed by atoms with Gasteiger partial charge >= 0.3 is 0 Å². The fraction of sp³-hybridized carbons (Fsp3) is 0.350. The van der Waals surface area contributed by atoms with Gasteiger partial charge in [-0.15, -0.1) is 0 Å². The van der Waals surface area contributed by atoms with E-state index in [4.69, 9.17) is 16.3 Å². The van der Waals surface area contributed by atoms with Crippen LogP contribution in [-0.4, -0.2) is 33.6 Å². The number of aryl methyl sites for hydroxylation is 2. The van der Waals surface area contributed by atoms with Gasteiger partial charge in [-0.3, -0.25) is 9.52 Å². The van der Waals surface area contributed by atoms with Gasteiger partial charge in [0.1, 0.15) is 4.90 Å². The van der Waals surface area contributed by atoms with Crippen LogP contribution < -0.4 is 10.0 Å². The van der Waals surface area contributed by atoms with Crippen molar-refractivity contribution in [2.24, 2.45) is 0 Å². The zero-order valence-corrected chi connectivity index (χ0v) is 17.4. The van der Waals surface area contributed by atoms with Crippen LogP contribution in [0.1, 0.15) is 34.3 Å². The molecule has 2 aromatic carbocycles. The number of ether oxygens (including phenoxy) is 1. The number of hydrogen-bond acceptors (Lipinski definition) is 4. The number of anilines is 1. The van der Waals surface area contributed by atoms with E-state index in [2.05, 4.69) is 10.0 Å². The first-order valence-corrected chi connectivity index (χ1v) is 10.9. The smallest absolute Gasteiger partial charge is 0.263 e. The standard InChI is InChI=1S/C20H23ClN2O4S/c1-13-5-8-18(14(2)10-13)23-28(25,26)19-11-15(6-7-17(19)21)20(24)22-12-16-4-3-9-27-16/h5-8,10-11,16,23H,3-4,9,12H2,1-2H3,(H,22,24). The second-order valence-electron chi connectivity index (χ2n) is 6.91. The summed E-state index contributed by atoms with van der Waals surface area (Å²) in [5.74, 6) is -0.366. The van der Waals surface area contributed by atoms with E-state index in [0.717, 1.165) is 24.0 Å². The fourth-order valence-corrected chi connectivity index (χ4v) is 4.75. The van der Waals surface area contributed by atoms with Gasteiger partial charge in [-0.05, 0) is 56.5 Å². The SMILES string of the molecule is Cc1ccc(NS(=O)(=O)c2cc(C(=O)NCC3CCCO3)ccc2Cl)c(C)c1. The van der Waals surface area contributed by atoms with Crippen molar-refractivity contribution in [1.82, 2.24) is 5.32 Å². The molecule has 150 valence electrons. The van der Waals surface area contributed by atoms with Crippen molar-refractivity contribution in [1.29, 1.82) is 0 Å². The highest BCUT2D eigenvalue weighted by atomic mass is 35.5. The second kappa shape index (κ2) is 8.51. The lowest BCUT2D eigenvalue weighted by atomic mass is 10.1. The van der Waals surface area contributed by atoms with Crippen LogP contribution in [0.2, 0.25) is 5.02 Å². The Labute approximate surface area is 170 Å². The van der Waals surface area contributed by atoms with Crippen LogP contribution in [0.25, 0.3) is 0 Å². The molecular weight excluding hydrogens is 400 g/mol. The lowest BCUT2D eigenvalue weighted by Gasteiger charge is -2.14. The quantitative estimate of drug-likeness (QED) is 0.743. The molecule has 1 amide bonds. The third-order valence-electron chi connectivity index (χ3n) is 4.62. The van der Waals surface area contributed by atoms with Gasteiger partial charge < -0.3 is 10.1 Å². The molecule has 28 heavy (non-hydrogen) atoms. The maximum Gasteiger partial charge on any atom is 0.263 e. The highest BCUT2D eigenvalue weighted by molar-refractivity contribution is 7.92. The van der Waals surface area contributed by atoms with Gasteiger partial charge in [0.25, 0.3) is 15.9 Å². The van der Waals surface area contributed by atoms with Crippen molar-refractivity contribution < 1.29 is 17.9 Å². The number of sulfonamides is 1. The van der Waals surface area contributed by atoms with Gasteiger partial charge in [0, 0.05) is 18.7 Å². The Hall–Kier alpha value is -2.09. The molecule has 0 saturated carbocycles. The molecule has 0 radical (unpaired) electrons. The minimum atomic E-state index is -3.95. The first-order valence-electron chi connectivity index (χ1n) is 9.06. The Morgan fingerprint density at radius 1 is 1.21 bits per heavy atom. The van der Waals surface area contributed by atoms with Crippen molar-refractivity contribution in [2.75, 3.05) is 17.9 Å². The number of rotatable bonds is 6. The molecule has 8 heteroatoms. The molecule has 1 aliphatic heterocycles. The molecule has 1 saturated heterocycles. The Morgan fingerprint density at radius 3 is 2.68 bits per heavy atom. The molecular formula is C20H23ClN2O4S. The van der Waals surface area contributed by atoms with E-state index in [1.54, 1.807) is 6.07 Å². The predicted octanol–water partition coefficient (Wildman–Crippen LogP) is 3.67. The molecule has 0 bridgehead atoms. The highest BCUT2D eigenvalue weighted by Gasteiger charge is 2.22. The molecule has 1 heterocycles. The number of hydrogen-bond donors (Lipinski definition) is 2. The maximum atomic E-state index is 12.9. The number of carbonyl (C=O) groups is 1. The molecule has 0 aliphatic carbocycles. The van der Waals surface area contributed by atoms with Crippen LogP contribution >= 0.6 is 11.6 Å². The van der Waals surface area contributed by atoms with Crippen LogP contribution in [0.5, 0.6) is 0 Å². The topological polar surface area (TPSA) is 84.5 Å². The summed E-state index contributed by atoms with van der Waals surface area (Å²) in [5.41, 5.74) is 2.52. The predicted molar refractivity (Wildman–Crippen MR) is 109 cm³/mol. The van der Waals surface area contributed by atoms with E-state index in [0.29, 0.717) is 18.8 Å². The van der Waals surface area contributed by atoms with Crippen LogP contribution in [-0.2, 0) is 14.8 Å². The second-order valence-corrected chi connectivity index (χ2v) is 8.97. The van der Waals surface area contributed by atoms with Crippen molar-refractivity contribution in [3.63, 3.8) is 0 Å². The van der Waals surface area contributed by atoms with E-state index in [1.165, 1.54) is 18.2 Å². The van der Waals surface area contributed by atoms with Crippen LogP contribution in [0.15, 0.2) is 41.3 Å². The van der Waals surface area contributed by atoms with Crippen molar-refractivity contribution in [3.8, 4) is 0 Å². The average molecular weight is 423 g/mol. The van der Waals surface area contributed by atoms with Gasteiger partial charge in [0.05, 0.1) is 16.8 Å². The lowest BCUT2D eigenvalue weighted by Crippen LogP contribution is -2.31. The monoisotopic (exact) mass is 422 g/mol. The molecule has 1 fully saturated rings. The van der Waals surface area contributed by atoms with Gasteiger partial charge in [0.15, 0.2) is 0 Å². The average Bonchev–Trinajstić information content (AvgIpc) is 3.16. The normalized spacial score (nSPS) is 16.8. The summed E-state index contributed by atoms with van der Waals surface area (Å²) in [4.78, 5) is 12.3. The number of carbonyl (C=O) groups excluding carboxylic acids is 1. The lowest BCUT2D eigenvalue weighted by molar-refractivity contribution is 0.0857. The molecule has 1 unspecified atom stereocenters. The first-order chi connectivity index (χ1) is 13.3. The summed E-state index contributed by atoms with van der Waals surface area (Å²) in [5, 5.41) is 2.83. The van der Waals surface area contributed by atoms with Crippen molar-refractivity contribution >= 4 is 33.2 Å². The zero-order valence-electron chi connectivity index (χ0n) is 15.8. The van der Waals surface area contributed by atoms with Gasteiger partial charge in [0.2, 0.25) is 0 Å². The van der Waals surface area contributed by atoms with E-state index >= 15 is 0 Å². The number of halogens is 1. The van der Waals surface area contributed by atoms with Gasteiger partial charge in [-0.1, -0.05) is 29.3 Å². The number of benzene rings is 2. The summed E-state index contributed by atoms with van der Waals surface area (Å²) in [6.45, 7) is 4.85. The molecule has 6 nitrogen and oxygen atoms in total. The largest absolute Gasteiger partial charge is 0.376 e. The molecule has 0 spiro atoms. The summed E-state index contributed by atoms with van der Waals surface area (Å²) in [6.07, 6.45) is 1.89. The number of amides is 1. The molecule has 1 aliphatic rings. The van der Waals surface area contributed by atoms with Gasteiger partial charge in [-0.2, -0.15) is 0 Å². The van der Waals surface area contributed by atoms with Gasteiger partial charge in [-0.25, -0.2) is 8.42 Å². The Morgan fingerprint density at radius 2 is 2.00 bits per heavy atom. The minimum Gasteiger partial charge on any atom is -0.376 e. The molecule has 2 N–H and O–H groups in total. The fourth-order valence-electron chi connectivity index (χ4n) is 3.09.